The molecule has 1 aromatic rings. The Bertz CT molecular complexity index is 329. The molecule has 1 aliphatic carbocycles. The van der Waals surface area contributed by atoms with Gasteiger partial charge in [-0.2, -0.15) is 0 Å². The van der Waals surface area contributed by atoms with Crippen LogP contribution in [-0.2, 0) is 4.74 Å². The largest absolute Gasteiger partial charge is 0.379 e. The monoisotopic (exact) mass is 233 g/mol. The first-order valence-electron chi connectivity index (χ1n) is 6.61. The number of hydrogen-bond donors (Lipinski definition) is 1. The van der Waals surface area contributed by atoms with E-state index in [1.165, 1.54) is 30.4 Å². The predicted octanol–water partition coefficient (Wildman–Crippen LogP) is 3.07. The highest BCUT2D eigenvalue weighted by Crippen LogP contribution is 2.32. The van der Waals surface area contributed by atoms with Gasteiger partial charge < -0.3 is 10.1 Å². The molecule has 1 N–H and O–H groups in total. The highest BCUT2D eigenvalue weighted by atomic mass is 16.5. The van der Waals surface area contributed by atoms with Crippen molar-refractivity contribution in [2.75, 3.05) is 20.3 Å². The van der Waals surface area contributed by atoms with Crippen molar-refractivity contribution >= 4 is 0 Å². The fraction of sp³-hybridized carbons (Fsp3) is 0.600. The van der Waals surface area contributed by atoms with Crippen LogP contribution in [-0.4, -0.2) is 20.3 Å². The molecule has 0 bridgehead atoms. The van der Waals surface area contributed by atoms with E-state index in [4.69, 9.17) is 4.74 Å². The molecule has 2 heteroatoms. The molecule has 2 nitrogen and oxygen atoms in total. The van der Waals surface area contributed by atoms with E-state index in [1.54, 1.807) is 0 Å². The maximum absolute atomic E-state index is 5.76. The molecule has 1 atom stereocenters. The van der Waals surface area contributed by atoms with Gasteiger partial charge in [-0.25, -0.2) is 0 Å². The molecule has 0 aromatic heterocycles. The van der Waals surface area contributed by atoms with Gasteiger partial charge in [0.2, 0.25) is 0 Å². The Balaban J connectivity index is 1.76. The highest BCUT2D eigenvalue weighted by Gasteiger charge is 2.20. The first kappa shape index (κ1) is 12.6. The van der Waals surface area contributed by atoms with E-state index >= 15 is 0 Å². The Labute approximate surface area is 104 Å². The maximum Gasteiger partial charge on any atom is 0.0661 e. The van der Waals surface area contributed by atoms with Gasteiger partial charge in [-0.05, 0) is 31.9 Å². The second kappa shape index (κ2) is 6.18. The maximum atomic E-state index is 5.76. The van der Waals surface area contributed by atoms with Crippen molar-refractivity contribution in [3.63, 3.8) is 0 Å². The van der Waals surface area contributed by atoms with Gasteiger partial charge in [0.25, 0.3) is 0 Å². The summed E-state index contributed by atoms with van der Waals surface area (Å²) >= 11 is 0. The predicted molar refractivity (Wildman–Crippen MR) is 71.1 cm³/mol. The lowest BCUT2D eigenvalue weighted by molar-refractivity contribution is 0.108. The van der Waals surface area contributed by atoms with E-state index in [-0.39, 0.29) is 0 Å². The summed E-state index contributed by atoms with van der Waals surface area (Å²) < 4.78 is 5.76. The Morgan fingerprint density at radius 2 is 2.00 bits per heavy atom. The molecule has 0 spiro atoms. The molecule has 0 saturated heterocycles. The summed E-state index contributed by atoms with van der Waals surface area (Å²) in [6.07, 6.45) is 4.07. The van der Waals surface area contributed by atoms with Gasteiger partial charge in [0, 0.05) is 6.61 Å². The smallest absolute Gasteiger partial charge is 0.0661 e. The molecule has 0 aliphatic heterocycles. The molecule has 1 aromatic carbocycles. The van der Waals surface area contributed by atoms with Crippen LogP contribution in [0.3, 0.4) is 0 Å². The molecule has 1 aliphatic rings. The minimum atomic E-state index is 0.315. The Kier molecular flexibility index (Phi) is 4.57. The van der Waals surface area contributed by atoms with Crippen molar-refractivity contribution in [2.45, 2.75) is 32.2 Å². The van der Waals surface area contributed by atoms with Crippen LogP contribution in [0, 0.1) is 12.8 Å². The fourth-order valence-electron chi connectivity index (χ4n) is 2.00. The summed E-state index contributed by atoms with van der Waals surface area (Å²) in [6, 6.07) is 8.99. The van der Waals surface area contributed by atoms with Crippen LogP contribution in [0.2, 0.25) is 0 Å². The molecule has 2 rings (SSSR count). The zero-order valence-corrected chi connectivity index (χ0v) is 10.9. The quantitative estimate of drug-likeness (QED) is 0.731. The second-order valence-corrected chi connectivity index (χ2v) is 5.06. The van der Waals surface area contributed by atoms with Gasteiger partial charge in [-0.1, -0.05) is 42.7 Å². The highest BCUT2D eigenvalue weighted by molar-refractivity contribution is 5.24. The summed E-state index contributed by atoms with van der Waals surface area (Å²) in [5.41, 5.74) is 2.61. The normalized spacial score (nSPS) is 17.1. The number of rotatable bonds is 7. The lowest BCUT2D eigenvalue weighted by atomic mass is 10.1. The van der Waals surface area contributed by atoms with Crippen molar-refractivity contribution in [1.29, 1.82) is 0 Å². The average molecular weight is 233 g/mol. The van der Waals surface area contributed by atoms with Crippen LogP contribution >= 0.6 is 0 Å². The molecule has 94 valence electrons. The fourth-order valence-corrected chi connectivity index (χ4v) is 2.00. The number of ether oxygens (including phenoxy) is 1. The summed E-state index contributed by atoms with van der Waals surface area (Å²) in [6.45, 7) is 3.80. The molecule has 0 amide bonds. The molecular weight excluding hydrogens is 210 g/mol. The van der Waals surface area contributed by atoms with Gasteiger partial charge in [-0.3, -0.25) is 0 Å². The third-order valence-electron chi connectivity index (χ3n) is 3.48. The Morgan fingerprint density at radius 1 is 1.29 bits per heavy atom. The van der Waals surface area contributed by atoms with Gasteiger partial charge in [0.05, 0.1) is 12.6 Å². The number of likely N-dealkylation sites (N-methyl/N-ethyl adjacent to an activating group) is 1. The first-order chi connectivity index (χ1) is 8.29. The van der Waals surface area contributed by atoms with Crippen LogP contribution in [0.5, 0.6) is 0 Å². The third-order valence-corrected chi connectivity index (χ3v) is 3.48. The van der Waals surface area contributed by atoms with Crippen LogP contribution in [0.15, 0.2) is 24.3 Å². The zero-order valence-electron chi connectivity index (χ0n) is 10.9. The topological polar surface area (TPSA) is 21.3 Å². The lowest BCUT2D eigenvalue weighted by Crippen LogP contribution is -2.22. The SMILES string of the molecule is CNC(COCCC1CC1)c1ccc(C)cc1. The van der Waals surface area contributed by atoms with Crippen LogP contribution in [0.4, 0.5) is 0 Å². The number of hydrogen-bond acceptors (Lipinski definition) is 2. The lowest BCUT2D eigenvalue weighted by Gasteiger charge is -2.17. The van der Waals surface area contributed by atoms with Gasteiger partial charge >= 0.3 is 0 Å². The molecule has 0 heterocycles. The van der Waals surface area contributed by atoms with Crippen molar-refractivity contribution in [1.82, 2.24) is 5.32 Å². The van der Waals surface area contributed by atoms with Crippen molar-refractivity contribution in [2.24, 2.45) is 5.92 Å². The number of nitrogens with one attached hydrogen (secondary N) is 1. The van der Waals surface area contributed by atoms with Crippen LogP contribution in [0.1, 0.15) is 36.4 Å². The number of benzene rings is 1. The third kappa shape index (κ3) is 4.14. The first-order valence-corrected chi connectivity index (χ1v) is 6.61. The van der Waals surface area contributed by atoms with Crippen molar-refractivity contribution < 1.29 is 4.74 Å². The average Bonchev–Trinajstić information content (AvgIpc) is 3.15. The van der Waals surface area contributed by atoms with E-state index < -0.39 is 0 Å². The Morgan fingerprint density at radius 3 is 2.59 bits per heavy atom. The van der Waals surface area contributed by atoms with Gasteiger partial charge in [0.15, 0.2) is 0 Å². The minimum Gasteiger partial charge on any atom is -0.379 e. The van der Waals surface area contributed by atoms with E-state index in [0.717, 1.165) is 19.1 Å². The van der Waals surface area contributed by atoms with Crippen LogP contribution < -0.4 is 5.32 Å². The van der Waals surface area contributed by atoms with Gasteiger partial charge in [-0.15, -0.1) is 0 Å². The summed E-state index contributed by atoms with van der Waals surface area (Å²) in [5, 5.41) is 3.32. The number of aryl methyl sites for hydroxylation is 1. The molecule has 1 fully saturated rings. The molecule has 0 radical (unpaired) electrons. The van der Waals surface area contributed by atoms with E-state index in [9.17, 15) is 0 Å². The minimum absolute atomic E-state index is 0.315. The summed E-state index contributed by atoms with van der Waals surface area (Å²) in [5.74, 6) is 0.961. The van der Waals surface area contributed by atoms with E-state index in [1.807, 2.05) is 7.05 Å². The standard InChI is InChI=1S/C15H23NO/c1-12-3-7-14(8-4-12)15(16-2)11-17-10-9-13-5-6-13/h3-4,7-8,13,15-16H,5-6,9-11H2,1-2H3. The van der Waals surface area contributed by atoms with Crippen molar-refractivity contribution in [3.8, 4) is 0 Å². The molecule has 1 saturated carbocycles. The second-order valence-electron chi connectivity index (χ2n) is 5.06. The van der Waals surface area contributed by atoms with E-state index in [0.29, 0.717) is 6.04 Å². The summed E-state index contributed by atoms with van der Waals surface area (Å²) in [4.78, 5) is 0. The molecule has 1 unspecified atom stereocenters. The van der Waals surface area contributed by atoms with Crippen LogP contribution in [0.25, 0.3) is 0 Å². The van der Waals surface area contributed by atoms with E-state index in [2.05, 4.69) is 36.5 Å². The van der Waals surface area contributed by atoms with Crippen molar-refractivity contribution in [3.05, 3.63) is 35.4 Å². The molecular formula is C15H23NO. The zero-order chi connectivity index (χ0) is 12.1. The Hall–Kier alpha value is -0.860. The molecule has 17 heavy (non-hydrogen) atoms. The summed E-state index contributed by atoms with van der Waals surface area (Å²) in [7, 11) is 1.99. The van der Waals surface area contributed by atoms with Gasteiger partial charge in [0.1, 0.15) is 0 Å².